The number of hydrogen-bond donors (Lipinski definition) is 2. The Morgan fingerprint density at radius 1 is 1.30 bits per heavy atom. The number of aryl methyl sites for hydroxylation is 1. The molecule has 1 aromatic carbocycles. The van der Waals surface area contributed by atoms with Crippen LogP contribution in [0.2, 0.25) is 0 Å². The van der Waals surface area contributed by atoms with Crippen LogP contribution in [0.3, 0.4) is 0 Å². The molecule has 3 N–H and O–H groups in total. The van der Waals surface area contributed by atoms with Gasteiger partial charge in [-0.15, -0.1) is 11.3 Å². The number of aromatic nitrogens is 1. The molecule has 0 spiro atoms. The van der Waals surface area contributed by atoms with Gasteiger partial charge in [-0.25, -0.2) is 4.98 Å². The minimum absolute atomic E-state index is 0.103. The van der Waals surface area contributed by atoms with Crippen LogP contribution < -0.4 is 11.1 Å². The molecule has 126 valence electrons. The summed E-state index contributed by atoms with van der Waals surface area (Å²) in [6.07, 6.45) is 4.33. The largest absolute Gasteiger partial charge is 0.352 e. The molecule has 0 radical (unpaired) electrons. The van der Waals surface area contributed by atoms with E-state index in [2.05, 4.69) is 30.2 Å². The maximum Gasteiger partial charge on any atom is 0.220 e. The molecule has 5 heteroatoms. The Kier molecular flexibility index (Phi) is 6.99. The summed E-state index contributed by atoms with van der Waals surface area (Å²) in [4.78, 5) is 16.6. The third kappa shape index (κ3) is 5.92. The number of nitrogens with one attached hydrogen (secondary N) is 1. The summed E-state index contributed by atoms with van der Waals surface area (Å²) in [5.41, 5.74) is 6.79. The molecule has 2 rings (SSSR count). The molecule has 0 aliphatic heterocycles. The highest BCUT2D eigenvalue weighted by atomic mass is 32.1. The van der Waals surface area contributed by atoms with E-state index in [0.29, 0.717) is 18.9 Å². The zero-order valence-electron chi connectivity index (χ0n) is 14.0. The van der Waals surface area contributed by atoms with Crippen molar-refractivity contribution < 1.29 is 4.79 Å². The number of nitrogens with zero attached hydrogens (tertiary/aromatic N) is 1. The number of rotatable bonds is 9. The number of carbonyl (C=O) groups excluding carboxylic acids is 1. The van der Waals surface area contributed by atoms with E-state index in [1.807, 2.05) is 18.2 Å². The van der Waals surface area contributed by atoms with Crippen molar-refractivity contribution in [3.8, 4) is 0 Å². The van der Waals surface area contributed by atoms with E-state index in [9.17, 15) is 4.79 Å². The maximum absolute atomic E-state index is 12.0. The standard InChI is InChI=1S/C18H27N3OS/c1-13(2)11-14(12-19)20-17(22)9-5-6-10-18-21-15-7-3-4-8-16(15)23-18/h3-4,7-8,13-14H,5-6,9-12,19H2,1-2H3,(H,20,22). The number of benzene rings is 1. The van der Waals surface area contributed by atoms with Crippen molar-refractivity contribution in [2.24, 2.45) is 11.7 Å². The third-order valence-electron chi connectivity index (χ3n) is 3.79. The summed E-state index contributed by atoms with van der Waals surface area (Å²) >= 11 is 1.75. The Bertz CT molecular complexity index is 591. The molecule has 0 fully saturated rings. The van der Waals surface area contributed by atoms with Crippen LogP contribution in [0.5, 0.6) is 0 Å². The summed E-state index contributed by atoms with van der Waals surface area (Å²) in [6, 6.07) is 8.31. The zero-order chi connectivity index (χ0) is 16.7. The SMILES string of the molecule is CC(C)CC(CN)NC(=O)CCCCc1nc2ccccc2s1. The van der Waals surface area contributed by atoms with Crippen molar-refractivity contribution in [3.05, 3.63) is 29.3 Å². The normalized spacial score (nSPS) is 12.7. The third-order valence-corrected chi connectivity index (χ3v) is 4.88. The second-order valence-corrected chi connectivity index (χ2v) is 7.53. The van der Waals surface area contributed by atoms with Gasteiger partial charge < -0.3 is 11.1 Å². The van der Waals surface area contributed by atoms with Gasteiger partial charge in [0.05, 0.1) is 15.2 Å². The van der Waals surface area contributed by atoms with Crippen LogP contribution in [0, 0.1) is 5.92 Å². The summed E-state index contributed by atoms with van der Waals surface area (Å²) in [5.74, 6) is 0.660. The second-order valence-electron chi connectivity index (χ2n) is 6.41. The molecule has 0 saturated carbocycles. The number of hydrogen-bond acceptors (Lipinski definition) is 4. The van der Waals surface area contributed by atoms with E-state index >= 15 is 0 Å². The molecular weight excluding hydrogens is 306 g/mol. The number of carbonyl (C=O) groups is 1. The van der Waals surface area contributed by atoms with Gasteiger partial charge in [0.1, 0.15) is 0 Å². The first-order chi connectivity index (χ1) is 11.1. The summed E-state index contributed by atoms with van der Waals surface area (Å²) in [6.45, 7) is 4.80. The van der Waals surface area contributed by atoms with Gasteiger partial charge in [0.2, 0.25) is 5.91 Å². The van der Waals surface area contributed by atoms with Crippen LogP contribution in [-0.2, 0) is 11.2 Å². The highest BCUT2D eigenvalue weighted by molar-refractivity contribution is 7.18. The predicted octanol–water partition coefficient (Wildman–Crippen LogP) is 3.50. The van der Waals surface area contributed by atoms with E-state index in [4.69, 9.17) is 5.73 Å². The zero-order valence-corrected chi connectivity index (χ0v) is 14.9. The van der Waals surface area contributed by atoms with Crippen molar-refractivity contribution in [1.29, 1.82) is 0 Å². The highest BCUT2D eigenvalue weighted by Crippen LogP contribution is 2.22. The summed E-state index contributed by atoms with van der Waals surface area (Å²) < 4.78 is 1.24. The lowest BCUT2D eigenvalue weighted by molar-refractivity contribution is -0.121. The number of unbranched alkanes of at least 4 members (excludes halogenated alkanes) is 1. The van der Waals surface area contributed by atoms with Crippen molar-refractivity contribution >= 4 is 27.5 Å². The number of nitrogens with two attached hydrogens (primary N) is 1. The predicted molar refractivity (Wildman–Crippen MR) is 97.6 cm³/mol. The summed E-state index contributed by atoms with van der Waals surface area (Å²) in [5, 5.41) is 4.20. The van der Waals surface area contributed by atoms with Gasteiger partial charge >= 0.3 is 0 Å². The Morgan fingerprint density at radius 2 is 2.09 bits per heavy atom. The van der Waals surface area contributed by atoms with Gasteiger partial charge in [-0.2, -0.15) is 0 Å². The molecule has 1 heterocycles. The molecule has 2 aromatic rings. The first-order valence-electron chi connectivity index (χ1n) is 8.42. The number of fused-ring (bicyclic) bond motifs is 1. The van der Waals surface area contributed by atoms with E-state index in [1.54, 1.807) is 11.3 Å². The first-order valence-corrected chi connectivity index (χ1v) is 9.24. The van der Waals surface area contributed by atoms with Crippen LogP contribution in [0.15, 0.2) is 24.3 Å². The van der Waals surface area contributed by atoms with Gasteiger partial charge in [-0.3, -0.25) is 4.79 Å². The average Bonchev–Trinajstić information content (AvgIpc) is 2.93. The highest BCUT2D eigenvalue weighted by Gasteiger charge is 2.12. The Hall–Kier alpha value is -1.46. The Labute approximate surface area is 142 Å². The molecular formula is C18H27N3OS. The Morgan fingerprint density at radius 3 is 2.78 bits per heavy atom. The molecule has 0 aliphatic carbocycles. The average molecular weight is 334 g/mol. The summed E-state index contributed by atoms with van der Waals surface area (Å²) in [7, 11) is 0. The molecule has 1 amide bonds. The number of thiazole rings is 1. The van der Waals surface area contributed by atoms with Crippen molar-refractivity contribution in [2.45, 2.75) is 52.0 Å². The Balaban J connectivity index is 1.69. The molecule has 23 heavy (non-hydrogen) atoms. The molecule has 4 nitrogen and oxygen atoms in total. The van der Waals surface area contributed by atoms with Crippen LogP contribution >= 0.6 is 11.3 Å². The lowest BCUT2D eigenvalue weighted by Gasteiger charge is -2.18. The molecule has 0 saturated heterocycles. The maximum atomic E-state index is 12.0. The van der Waals surface area contributed by atoms with Crippen molar-refractivity contribution in [3.63, 3.8) is 0 Å². The van der Waals surface area contributed by atoms with Crippen molar-refractivity contribution in [2.75, 3.05) is 6.54 Å². The lowest BCUT2D eigenvalue weighted by Crippen LogP contribution is -2.40. The van der Waals surface area contributed by atoms with Crippen LogP contribution in [-0.4, -0.2) is 23.5 Å². The molecule has 1 unspecified atom stereocenters. The molecule has 1 atom stereocenters. The number of para-hydroxylation sites is 1. The van der Waals surface area contributed by atoms with E-state index < -0.39 is 0 Å². The van der Waals surface area contributed by atoms with E-state index in [1.165, 1.54) is 4.70 Å². The molecule has 1 aromatic heterocycles. The fourth-order valence-corrected chi connectivity index (χ4v) is 3.68. The first kappa shape index (κ1) is 17.9. The quantitative estimate of drug-likeness (QED) is 0.690. The van der Waals surface area contributed by atoms with Gasteiger partial charge in [0, 0.05) is 19.0 Å². The van der Waals surface area contributed by atoms with Gasteiger partial charge in [0.25, 0.3) is 0 Å². The second kappa shape index (κ2) is 8.99. The van der Waals surface area contributed by atoms with Crippen LogP contribution in [0.4, 0.5) is 0 Å². The minimum atomic E-state index is 0.103. The van der Waals surface area contributed by atoms with E-state index in [0.717, 1.165) is 36.2 Å². The minimum Gasteiger partial charge on any atom is -0.352 e. The topological polar surface area (TPSA) is 68.0 Å². The van der Waals surface area contributed by atoms with Crippen LogP contribution in [0.1, 0.15) is 44.5 Å². The van der Waals surface area contributed by atoms with Gasteiger partial charge in [-0.1, -0.05) is 26.0 Å². The van der Waals surface area contributed by atoms with Crippen molar-refractivity contribution in [1.82, 2.24) is 10.3 Å². The number of amides is 1. The fourth-order valence-electron chi connectivity index (χ4n) is 2.67. The molecule has 0 bridgehead atoms. The lowest BCUT2D eigenvalue weighted by atomic mass is 10.0. The monoisotopic (exact) mass is 333 g/mol. The smallest absolute Gasteiger partial charge is 0.220 e. The van der Waals surface area contributed by atoms with Crippen LogP contribution in [0.25, 0.3) is 10.2 Å². The molecule has 0 aliphatic rings. The van der Waals surface area contributed by atoms with Gasteiger partial charge in [0.15, 0.2) is 0 Å². The van der Waals surface area contributed by atoms with E-state index in [-0.39, 0.29) is 11.9 Å². The van der Waals surface area contributed by atoms with Gasteiger partial charge in [-0.05, 0) is 43.7 Å². The fraction of sp³-hybridized carbons (Fsp3) is 0.556.